The molecular formula is C22H29IN6O5S. The standard InChI is InChI=1S/C22H28N6O5S.HI/c1-34(8-7-14(23)22(30)31)10-15-17(29)18(32-9-13-5-3-2-4-6-13)21(33-15)28-12-27-16-19(24)25-11-26-20(16)28;/h2-6,11-12,14-15,17-18,21,29H,7-10,23H2,1H3,(H2-,24,25,26,30,31);1H/t14-,15+,17+,18+,21+,34?;/m0./s1. The average Bonchev–Trinajstić information content (AvgIpc) is 3.38. The molecule has 1 unspecified atom stereocenters. The molecule has 1 aromatic carbocycles. The zero-order chi connectivity index (χ0) is 24.2. The fourth-order valence-electron chi connectivity index (χ4n) is 3.90. The van der Waals surface area contributed by atoms with E-state index in [-0.39, 0.29) is 40.7 Å². The van der Waals surface area contributed by atoms with Crippen LogP contribution >= 0.6 is 0 Å². The lowest BCUT2D eigenvalue weighted by molar-refractivity contribution is -0.138. The summed E-state index contributed by atoms with van der Waals surface area (Å²) in [5, 5.41) is 20.2. The van der Waals surface area contributed by atoms with E-state index in [9.17, 15) is 9.90 Å². The number of anilines is 1. The van der Waals surface area contributed by atoms with Gasteiger partial charge >= 0.3 is 5.97 Å². The molecule has 3 heterocycles. The number of aliphatic hydroxyl groups is 1. The van der Waals surface area contributed by atoms with Gasteiger partial charge in [0, 0.05) is 6.42 Å². The van der Waals surface area contributed by atoms with Gasteiger partial charge in [0.05, 0.1) is 19.2 Å². The molecule has 1 saturated heterocycles. The number of benzene rings is 1. The Bertz CT molecular complexity index is 1120. The van der Waals surface area contributed by atoms with Crippen molar-refractivity contribution in [1.82, 2.24) is 19.5 Å². The molecule has 0 bridgehead atoms. The van der Waals surface area contributed by atoms with Crippen LogP contribution in [0, 0.1) is 0 Å². The zero-order valence-electron chi connectivity index (χ0n) is 19.1. The van der Waals surface area contributed by atoms with Gasteiger partial charge in [0.15, 0.2) is 17.7 Å². The first kappa shape index (κ1) is 27.5. The maximum atomic E-state index is 11.2. The van der Waals surface area contributed by atoms with Crippen molar-refractivity contribution in [2.75, 3.05) is 23.5 Å². The lowest BCUT2D eigenvalue weighted by Gasteiger charge is -2.22. The third-order valence-electron chi connectivity index (χ3n) is 5.80. The van der Waals surface area contributed by atoms with Gasteiger partial charge < -0.3 is 55.1 Å². The van der Waals surface area contributed by atoms with Gasteiger partial charge in [-0.2, -0.15) is 0 Å². The summed E-state index contributed by atoms with van der Waals surface area (Å²) in [6, 6.07) is 8.77. The van der Waals surface area contributed by atoms with Gasteiger partial charge in [0.1, 0.15) is 47.7 Å². The number of aromatic nitrogens is 4. The molecule has 0 amide bonds. The number of hydrogen-bond acceptors (Lipinski definition) is 9. The minimum Gasteiger partial charge on any atom is -1.00 e. The molecule has 35 heavy (non-hydrogen) atoms. The van der Waals surface area contributed by atoms with Crippen LogP contribution in [0.1, 0.15) is 18.2 Å². The Hall–Kier alpha value is -2.04. The predicted octanol–water partition coefficient (Wildman–Crippen LogP) is -2.69. The van der Waals surface area contributed by atoms with E-state index in [1.165, 1.54) is 6.33 Å². The van der Waals surface area contributed by atoms with Gasteiger partial charge in [-0.15, -0.1) is 0 Å². The summed E-state index contributed by atoms with van der Waals surface area (Å²) >= 11 is 0. The Labute approximate surface area is 222 Å². The van der Waals surface area contributed by atoms with Crippen LogP contribution < -0.4 is 35.4 Å². The molecule has 2 aromatic heterocycles. The molecule has 1 aliphatic heterocycles. The lowest BCUT2D eigenvalue weighted by Crippen LogP contribution is -3.00. The van der Waals surface area contributed by atoms with Gasteiger partial charge in [-0.3, -0.25) is 9.36 Å². The number of nitrogens with zero attached hydrogens (tertiary/aromatic N) is 4. The molecule has 3 aromatic rings. The third kappa shape index (κ3) is 6.40. The van der Waals surface area contributed by atoms with Crippen LogP contribution in [0.2, 0.25) is 0 Å². The Morgan fingerprint density at radius 2 is 2.03 bits per heavy atom. The highest BCUT2D eigenvalue weighted by atomic mass is 127. The average molecular weight is 616 g/mol. The number of fused-ring (bicyclic) bond motifs is 1. The van der Waals surface area contributed by atoms with E-state index in [0.717, 1.165) is 5.56 Å². The number of carboxylic acids is 1. The normalized spacial score (nSPS) is 23.6. The summed E-state index contributed by atoms with van der Waals surface area (Å²) in [6.07, 6.45) is 2.50. The molecule has 0 radical (unpaired) electrons. The summed E-state index contributed by atoms with van der Waals surface area (Å²) in [7, 11) is -0.219. The van der Waals surface area contributed by atoms with Crippen LogP contribution in [0.15, 0.2) is 43.0 Å². The van der Waals surface area contributed by atoms with Crippen molar-refractivity contribution in [3.63, 3.8) is 0 Å². The van der Waals surface area contributed by atoms with E-state index in [1.54, 1.807) is 10.9 Å². The van der Waals surface area contributed by atoms with E-state index in [4.69, 9.17) is 26.0 Å². The van der Waals surface area contributed by atoms with Crippen LogP contribution in [0.25, 0.3) is 11.2 Å². The Kier molecular flexibility index (Phi) is 9.66. The maximum Gasteiger partial charge on any atom is 0.320 e. The molecule has 4 rings (SSSR count). The summed E-state index contributed by atoms with van der Waals surface area (Å²) in [5.74, 6) is 0.402. The second kappa shape index (κ2) is 12.3. The number of nitrogen functional groups attached to an aromatic ring is 1. The molecule has 0 aliphatic carbocycles. The minimum absolute atomic E-state index is 0. The molecule has 190 valence electrons. The summed E-state index contributed by atoms with van der Waals surface area (Å²) < 4.78 is 14.2. The predicted molar refractivity (Wildman–Crippen MR) is 128 cm³/mol. The highest BCUT2D eigenvalue weighted by Gasteiger charge is 2.48. The van der Waals surface area contributed by atoms with E-state index in [1.807, 2.05) is 36.6 Å². The van der Waals surface area contributed by atoms with Crippen LogP contribution in [0.5, 0.6) is 0 Å². The summed E-state index contributed by atoms with van der Waals surface area (Å²) in [5.41, 5.74) is 13.5. The van der Waals surface area contributed by atoms with Crippen molar-refractivity contribution in [3.05, 3.63) is 48.5 Å². The number of carboxylic acid groups (broad SMARTS) is 1. The number of aliphatic carboxylic acids is 1. The van der Waals surface area contributed by atoms with E-state index < -0.39 is 36.6 Å². The second-order valence-electron chi connectivity index (χ2n) is 8.29. The van der Waals surface area contributed by atoms with Gasteiger partial charge in [0.2, 0.25) is 0 Å². The second-order valence-corrected chi connectivity index (χ2v) is 10.6. The number of halogens is 1. The lowest BCUT2D eigenvalue weighted by atomic mass is 10.1. The van der Waals surface area contributed by atoms with Gasteiger partial charge in [-0.05, 0) is 16.5 Å². The topological polar surface area (TPSA) is 172 Å². The van der Waals surface area contributed by atoms with E-state index >= 15 is 0 Å². The highest BCUT2D eigenvalue weighted by molar-refractivity contribution is 7.96. The smallest absolute Gasteiger partial charge is 0.320 e. The number of imidazole rings is 1. The van der Waals surface area contributed by atoms with Gasteiger partial charge in [-0.25, -0.2) is 15.0 Å². The summed E-state index contributed by atoms with van der Waals surface area (Å²) in [6.45, 7) is 0.296. The molecule has 6 N–H and O–H groups in total. The quantitative estimate of drug-likeness (QED) is 0.139. The van der Waals surface area contributed by atoms with Crippen molar-refractivity contribution in [3.8, 4) is 0 Å². The first-order chi connectivity index (χ1) is 16.3. The van der Waals surface area contributed by atoms with Crippen molar-refractivity contribution in [1.29, 1.82) is 0 Å². The molecule has 6 atom stereocenters. The van der Waals surface area contributed by atoms with Crippen LogP contribution in [-0.4, -0.2) is 77.8 Å². The van der Waals surface area contributed by atoms with Gasteiger partial charge in [0.25, 0.3) is 0 Å². The SMILES string of the molecule is C[S+](CC[C@H](N)C(=O)O)C[C@H]1O[C@@H](n2cnc3c(N)ncnc32)[C@H](OCc2ccccc2)[C@@H]1O.[I-]. The first-order valence-corrected chi connectivity index (χ1v) is 12.8. The number of rotatable bonds is 10. The van der Waals surface area contributed by atoms with Crippen molar-refractivity contribution in [2.45, 2.75) is 43.6 Å². The number of hydrogen-bond donors (Lipinski definition) is 4. The molecule has 0 spiro atoms. The van der Waals surface area contributed by atoms with Crippen molar-refractivity contribution < 1.29 is 48.5 Å². The minimum atomic E-state index is -1.02. The maximum absolute atomic E-state index is 11.2. The number of carbonyl (C=O) groups is 1. The Morgan fingerprint density at radius 1 is 1.29 bits per heavy atom. The number of ether oxygens (including phenoxy) is 2. The largest absolute Gasteiger partial charge is 1.00 e. The molecule has 11 nitrogen and oxygen atoms in total. The molecule has 13 heteroatoms. The first-order valence-electron chi connectivity index (χ1n) is 10.8. The molecular weight excluding hydrogens is 587 g/mol. The Balaban J connectivity index is 0.00000342. The molecule has 0 saturated carbocycles. The van der Waals surface area contributed by atoms with Crippen molar-refractivity contribution in [2.24, 2.45) is 5.73 Å². The molecule has 1 fully saturated rings. The van der Waals surface area contributed by atoms with Crippen LogP contribution in [-0.2, 0) is 31.8 Å². The fourth-order valence-corrected chi connectivity index (χ4v) is 5.56. The fraction of sp³-hybridized carbons (Fsp3) is 0.455. The highest BCUT2D eigenvalue weighted by Crippen LogP contribution is 2.35. The van der Waals surface area contributed by atoms with Crippen LogP contribution in [0.4, 0.5) is 5.82 Å². The van der Waals surface area contributed by atoms with E-state index in [0.29, 0.717) is 35.7 Å². The summed E-state index contributed by atoms with van der Waals surface area (Å²) in [4.78, 5) is 23.6. The van der Waals surface area contributed by atoms with E-state index in [2.05, 4.69) is 15.0 Å². The molecule has 1 aliphatic rings. The number of aliphatic hydroxyl groups excluding tert-OH is 1. The third-order valence-corrected chi connectivity index (χ3v) is 7.63. The monoisotopic (exact) mass is 616 g/mol. The van der Waals surface area contributed by atoms with Gasteiger partial charge in [-0.1, -0.05) is 30.3 Å². The Morgan fingerprint density at radius 3 is 2.74 bits per heavy atom. The number of nitrogens with two attached hydrogens (primary N) is 2. The van der Waals surface area contributed by atoms with Crippen LogP contribution in [0.3, 0.4) is 0 Å². The zero-order valence-corrected chi connectivity index (χ0v) is 22.1. The van der Waals surface area contributed by atoms with Crippen molar-refractivity contribution >= 4 is 33.8 Å².